The first-order valence-corrected chi connectivity index (χ1v) is 9.02. The molecule has 6 heteroatoms. The van der Waals surface area contributed by atoms with Gasteiger partial charge in [-0.05, 0) is 48.1 Å². The summed E-state index contributed by atoms with van der Waals surface area (Å²) in [6.45, 7) is 0.140. The van der Waals surface area contributed by atoms with Gasteiger partial charge in [-0.1, -0.05) is 54.8 Å². The SMILES string of the molecule is FC(F)(F)Oc1ccc(CO/N=[C]\c2cccc(C3CCCCC3)c2)cc1. The van der Waals surface area contributed by atoms with Crippen molar-refractivity contribution in [1.82, 2.24) is 0 Å². The van der Waals surface area contributed by atoms with Gasteiger partial charge in [0.1, 0.15) is 18.6 Å². The van der Waals surface area contributed by atoms with Crippen molar-refractivity contribution in [3.63, 3.8) is 0 Å². The molecule has 0 heterocycles. The van der Waals surface area contributed by atoms with E-state index >= 15 is 0 Å². The molecule has 1 fully saturated rings. The van der Waals surface area contributed by atoms with Crippen LogP contribution in [0.3, 0.4) is 0 Å². The fourth-order valence-electron chi connectivity index (χ4n) is 3.28. The van der Waals surface area contributed by atoms with Gasteiger partial charge in [0.05, 0.1) is 0 Å². The van der Waals surface area contributed by atoms with E-state index in [2.05, 4.69) is 28.2 Å². The van der Waals surface area contributed by atoms with Crippen molar-refractivity contribution in [1.29, 1.82) is 0 Å². The third-order valence-electron chi connectivity index (χ3n) is 4.59. The fraction of sp³-hybridized carbons (Fsp3) is 0.381. The van der Waals surface area contributed by atoms with Crippen LogP contribution >= 0.6 is 0 Å². The molecule has 0 amide bonds. The molecule has 0 N–H and O–H groups in total. The first-order chi connectivity index (χ1) is 13.0. The van der Waals surface area contributed by atoms with Crippen LogP contribution in [-0.4, -0.2) is 12.6 Å². The summed E-state index contributed by atoms with van der Waals surface area (Å²) in [5, 5.41) is 3.84. The maximum atomic E-state index is 12.1. The quantitative estimate of drug-likeness (QED) is 0.453. The lowest BCUT2D eigenvalue weighted by Crippen LogP contribution is -2.17. The lowest BCUT2D eigenvalue weighted by atomic mass is 9.84. The molecule has 2 aromatic carbocycles. The minimum Gasteiger partial charge on any atom is -0.406 e. The van der Waals surface area contributed by atoms with Gasteiger partial charge in [0, 0.05) is 5.56 Å². The van der Waals surface area contributed by atoms with E-state index in [1.165, 1.54) is 61.9 Å². The summed E-state index contributed by atoms with van der Waals surface area (Å²) in [5.41, 5.74) is 2.85. The number of alkyl halides is 3. The second-order valence-electron chi connectivity index (χ2n) is 6.63. The van der Waals surface area contributed by atoms with Crippen LogP contribution in [0.4, 0.5) is 13.2 Å². The topological polar surface area (TPSA) is 30.8 Å². The molecule has 0 bridgehead atoms. The summed E-state index contributed by atoms with van der Waals surface area (Å²) in [6, 6.07) is 13.6. The molecule has 0 atom stereocenters. The van der Waals surface area contributed by atoms with E-state index in [1.54, 1.807) is 0 Å². The molecule has 0 spiro atoms. The molecular formula is C21H21F3NO2. The summed E-state index contributed by atoms with van der Waals surface area (Å²) in [5.74, 6) is 0.347. The molecule has 1 radical (unpaired) electrons. The van der Waals surface area contributed by atoms with Gasteiger partial charge in [0.2, 0.25) is 0 Å². The Bertz CT molecular complexity index is 751. The first kappa shape index (κ1) is 19.3. The molecule has 1 aliphatic carbocycles. The molecule has 0 aromatic heterocycles. The maximum Gasteiger partial charge on any atom is 0.573 e. The van der Waals surface area contributed by atoms with Crippen molar-refractivity contribution in [2.45, 2.75) is 51.0 Å². The molecular weight excluding hydrogens is 355 g/mol. The zero-order valence-corrected chi connectivity index (χ0v) is 14.8. The van der Waals surface area contributed by atoms with Crippen molar-refractivity contribution in [2.75, 3.05) is 0 Å². The molecule has 3 rings (SSSR count). The number of halogens is 3. The van der Waals surface area contributed by atoms with Crippen molar-refractivity contribution in [3.05, 3.63) is 65.2 Å². The van der Waals surface area contributed by atoms with Gasteiger partial charge in [0.15, 0.2) is 0 Å². The van der Waals surface area contributed by atoms with Crippen LogP contribution in [-0.2, 0) is 11.4 Å². The second-order valence-corrected chi connectivity index (χ2v) is 6.63. The van der Waals surface area contributed by atoms with Crippen molar-refractivity contribution < 1.29 is 22.7 Å². The highest BCUT2D eigenvalue weighted by molar-refractivity contribution is 5.79. The van der Waals surface area contributed by atoms with Crippen LogP contribution in [0.25, 0.3) is 0 Å². The Kier molecular flexibility index (Phi) is 6.37. The number of hydrogen-bond donors (Lipinski definition) is 0. The molecule has 0 aliphatic heterocycles. The number of benzene rings is 2. The van der Waals surface area contributed by atoms with E-state index in [-0.39, 0.29) is 12.4 Å². The van der Waals surface area contributed by atoms with E-state index in [4.69, 9.17) is 4.84 Å². The zero-order chi connectivity index (χ0) is 19.1. The van der Waals surface area contributed by atoms with Crippen molar-refractivity contribution >= 4 is 6.21 Å². The van der Waals surface area contributed by atoms with E-state index in [0.29, 0.717) is 11.5 Å². The fourth-order valence-corrected chi connectivity index (χ4v) is 3.28. The Labute approximate surface area is 156 Å². The summed E-state index contributed by atoms with van der Waals surface area (Å²) in [6.07, 6.45) is 4.51. The second kappa shape index (κ2) is 8.93. The van der Waals surface area contributed by atoms with Gasteiger partial charge in [0.25, 0.3) is 0 Å². The van der Waals surface area contributed by atoms with Gasteiger partial charge in [-0.3, -0.25) is 0 Å². The lowest BCUT2D eigenvalue weighted by molar-refractivity contribution is -0.274. The monoisotopic (exact) mass is 376 g/mol. The summed E-state index contributed by atoms with van der Waals surface area (Å²) >= 11 is 0. The average molecular weight is 376 g/mol. The smallest absolute Gasteiger partial charge is 0.406 e. The van der Waals surface area contributed by atoms with Crippen LogP contribution in [0.5, 0.6) is 5.75 Å². The van der Waals surface area contributed by atoms with Gasteiger partial charge < -0.3 is 9.57 Å². The van der Waals surface area contributed by atoms with Gasteiger partial charge in [-0.15, -0.1) is 13.2 Å². The summed E-state index contributed by atoms with van der Waals surface area (Å²) in [7, 11) is 0. The Balaban J connectivity index is 1.50. The highest BCUT2D eigenvalue weighted by Gasteiger charge is 2.30. The molecule has 3 nitrogen and oxygen atoms in total. The predicted molar refractivity (Wildman–Crippen MR) is 96.7 cm³/mol. The van der Waals surface area contributed by atoms with Crippen LogP contribution in [0.1, 0.15) is 54.7 Å². The normalized spacial score (nSPS) is 15.8. The van der Waals surface area contributed by atoms with Crippen molar-refractivity contribution in [2.24, 2.45) is 5.16 Å². The molecule has 0 unspecified atom stereocenters. The predicted octanol–water partition coefficient (Wildman–Crippen LogP) is 6.06. The summed E-state index contributed by atoms with van der Waals surface area (Å²) in [4.78, 5) is 5.20. The zero-order valence-electron chi connectivity index (χ0n) is 14.8. The van der Waals surface area contributed by atoms with Crippen LogP contribution in [0.15, 0.2) is 53.7 Å². The first-order valence-electron chi connectivity index (χ1n) is 9.02. The average Bonchev–Trinajstić information content (AvgIpc) is 2.66. The van der Waals surface area contributed by atoms with Crippen LogP contribution < -0.4 is 4.74 Å². The van der Waals surface area contributed by atoms with Crippen LogP contribution in [0.2, 0.25) is 0 Å². The lowest BCUT2D eigenvalue weighted by Gasteiger charge is -2.22. The minimum atomic E-state index is -4.69. The van der Waals surface area contributed by atoms with Crippen LogP contribution in [0, 0.1) is 0 Å². The molecule has 0 saturated heterocycles. The van der Waals surface area contributed by atoms with E-state index in [9.17, 15) is 13.2 Å². The molecule has 143 valence electrons. The minimum absolute atomic E-state index is 0.140. The highest BCUT2D eigenvalue weighted by Crippen LogP contribution is 2.32. The number of nitrogens with zero attached hydrogens (tertiary/aromatic N) is 1. The largest absolute Gasteiger partial charge is 0.573 e. The van der Waals surface area contributed by atoms with Crippen molar-refractivity contribution in [3.8, 4) is 5.75 Å². The van der Waals surface area contributed by atoms with Gasteiger partial charge in [-0.25, -0.2) is 0 Å². The van der Waals surface area contributed by atoms with E-state index < -0.39 is 6.36 Å². The Morgan fingerprint density at radius 1 is 1.00 bits per heavy atom. The van der Waals surface area contributed by atoms with E-state index in [1.807, 2.05) is 12.1 Å². The Hall–Kier alpha value is -2.50. The molecule has 27 heavy (non-hydrogen) atoms. The molecule has 1 aliphatic rings. The summed E-state index contributed by atoms with van der Waals surface area (Å²) < 4.78 is 40.2. The third-order valence-corrected chi connectivity index (χ3v) is 4.59. The number of ether oxygens (including phenoxy) is 1. The molecule has 1 saturated carbocycles. The number of rotatable bonds is 6. The molecule has 2 aromatic rings. The Morgan fingerprint density at radius 2 is 1.74 bits per heavy atom. The highest BCUT2D eigenvalue weighted by atomic mass is 19.4. The van der Waals surface area contributed by atoms with Gasteiger partial charge >= 0.3 is 6.36 Å². The van der Waals surface area contributed by atoms with Gasteiger partial charge in [-0.2, -0.15) is 0 Å². The maximum absolute atomic E-state index is 12.1. The third kappa shape index (κ3) is 6.31. The standard InChI is InChI=1S/C21H21F3NO2/c22-21(23,24)27-20-11-9-16(10-12-20)15-26-25-14-17-5-4-8-19(13-17)18-6-2-1-3-7-18/h4-5,8-13,18H,1-3,6-7,15H2. The van der Waals surface area contributed by atoms with E-state index in [0.717, 1.165) is 5.56 Å². The Morgan fingerprint density at radius 3 is 2.44 bits per heavy atom. The number of hydrogen-bond acceptors (Lipinski definition) is 3.